The third kappa shape index (κ3) is 4.36. The van der Waals surface area contributed by atoms with Crippen molar-refractivity contribution in [1.29, 1.82) is 0 Å². The quantitative estimate of drug-likeness (QED) is 0.287. The molecule has 174 valence electrons. The summed E-state index contributed by atoms with van der Waals surface area (Å²) < 4.78 is 1.62. The molecule has 0 spiro atoms. The van der Waals surface area contributed by atoms with Crippen LogP contribution in [-0.4, -0.2) is 25.6 Å². The number of anilines is 2. The number of para-hydroxylation sites is 1. The highest BCUT2D eigenvalue weighted by Gasteiger charge is 2.34. The van der Waals surface area contributed by atoms with Crippen LogP contribution < -0.4 is 10.6 Å². The summed E-state index contributed by atoms with van der Waals surface area (Å²) in [4.78, 5) is 28.8. The van der Waals surface area contributed by atoms with Crippen molar-refractivity contribution < 1.29 is 9.72 Å². The Hall–Kier alpha value is -4.50. The number of nitro groups is 1. The zero-order chi connectivity index (χ0) is 24.5. The minimum absolute atomic E-state index is 0.0423. The molecule has 2 N–H and O–H groups in total. The molecule has 1 aliphatic heterocycles. The second kappa shape index (κ2) is 9.03. The first-order valence-corrected chi connectivity index (χ1v) is 11.1. The molecule has 0 radical (unpaired) electrons. The standard InChI is InChI=1S/C25H19ClN6O3/c1-15-21(24(33)28-19-5-3-2-4-6-19)22(16-9-13-20(14-10-16)32(34)35)31-25(27-15)29-23(30-31)17-7-11-18(26)12-8-17/h2-14,22H,1H3,(H,28,33)(H,27,29,30). The van der Waals surface area contributed by atoms with Crippen LogP contribution in [0, 0.1) is 10.1 Å². The van der Waals surface area contributed by atoms with Gasteiger partial charge in [0.05, 0.1) is 10.5 Å². The minimum atomic E-state index is -0.663. The van der Waals surface area contributed by atoms with Crippen molar-refractivity contribution in [3.8, 4) is 11.4 Å². The number of rotatable bonds is 5. The molecule has 1 amide bonds. The highest BCUT2D eigenvalue weighted by atomic mass is 35.5. The predicted molar refractivity (Wildman–Crippen MR) is 133 cm³/mol. The monoisotopic (exact) mass is 486 g/mol. The summed E-state index contributed by atoms with van der Waals surface area (Å²) in [5.41, 5.74) is 3.04. The molecule has 1 aromatic heterocycles. The van der Waals surface area contributed by atoms with Crippen molar-refractivity contribution in [2.75, 3.05) is 10.6 Å². The summed E-state index contributed by atoms with van der Waals surface area (Å²) in [5.74, 6) is 0.583. The number of nitrogens with zero attached hydrogens (tertiary/aromatic N) is 4. The van der Waals surface area contributed by atoms with E-state index in [1.54, 1.807) is 48.0 Å². The second-order valence-corrected chi connectivity index (χ2v) is 8.38. The van der Waals surface area contributed by atoms with E-state index < -0.39 is 11.0 Å². The molecule has 1 aliphatic rings. The van der Waals surface area contributed by atoms with E-state index in [0.717, 1.165) is 5.56 Å². The molecule has 35 heavy (non-hydrogen) atoms. The maximum atomic E-state index is 13.5. The summed E-state index contributed by atoms with van der Waals surface area (Å²) >= 11 is 6.02. The van der Waals surface area contributed by atoms with Crippen molar-refractivity contribution in [2.45, 2.75) is 13.0 Å². The van der Waals surface area contributed by atoms with Gasteiger partial charge in [-0.1, -0.05) is 29.8 Å². The fraction of sp³-hybridized carbons (Fsp3) is 0.0800. The number of carbonyl (C=O) groups excluding carboxylic acids is 1. The Morgan fingerprint density at radius 2 is 1.74 bits per heavy atom. The molecular formula is C25H19ClN6O3. The number of allylic oxidation sites excluding steroid dienone is 1. The van der Waals surface area contributed by atoms with Crippen molar-refractivity contribution >= 4 is 34.8 Å². The van der Waals surface area contributed by atoms with Gasteiger partial charge in [0.2, 0.25) is 5.95 Å². The van der Waals surface area contributed by atoms with Gasteiger partial charge in [-0.15, -0.1) is 5.10 Å². The first-order chi connectivity index (χ1) is 16.9. The van der Waals surface area contributed by atoms with Gasteiger partial charge in [-0.05, 0) is 61.0 Å². The molecule has 1 unspecified atom stereocenters. The second-order valence-electron chi connectivity index (χ2n) is 7.95. The first-order valence-electron chi connectivity index (χ1n) is 10.7. The van der Waals surface area contributed by atoms with E-state index in [2.05, 4.69) is 15.6 Å². The molecule has 0 bridgehead atoms. The van der Waals surface area contributed by atoms with Crippen LogP contribution in [0.2, 0.25) is 5.02 Å². The molecule has 0 saturated carbocycles. The van der Waals surface area contributed by atoms with Gasteiger partial charge in [0.25, 0.3) is 11.6 Å². The number of nitro benzene ring substituents is 1. The van der Waals surface area contributed by atoms with Gasteiger partial charge in [0, 0.05) is 34.1 Å². The Labute approximate surface area is 205 Å². The van der Waals surface area contributed by atoms with E-state index in [0.29, 0.717) is 39.3 Å². The minimum Gasteiger partial charge on any atom is -0.328 e. The number of amides is 1. The SMILES string of the molecule is CC1=C(C(=O)Nc2ccccc2)C(c2ccc([N+](=O)[O-])cc2)n2nc(-c3ccc(Cl)cc3)nc2N1. The lowest BCUT2D eigenvalue weighted by Crippen LogP contribution is -2.31. The summed E-state index contributed by atoms with van der Waals surface area (Å²) in [6.07, 6.45) is 0. The predicted octanol–water partition coefficient (Wildman–Crippen LogP) is 5.43. The number of nitrogens with one attached hydrogen (secondary N) is 2. The van der Waals surface area contributed by atoms with Crippen molar-refractivity contribution in [2.24, 2.45) is 0 Å². The summed E-state index contributed by atoms with van der Waals surface area (Å²) in [6.45, 7) is 1.79. The topological polar surface area (TPSA) is 115 Å². The number of non-ortho nitro benzene ring substituents is 1. The van der Waals surface area contributed by atoms with Gasteiger partial charge in [0.1, 0.15) is 6.04 Å². The van der Waals surface area contributed by atoms with E-state index >= 15 is 0 Å². The van der Waals surface area contributed by atoms with Crippen LogP contribution in [0.15, 0.2) is 90.1 Å². The molecular weight excluding hydrogens is 468 g/mol. The van der Waals surface area contributed by atoms with Gasteiger partial charge in [0.15, 0.2) is 5.82 Å². The molecule has 10 heteroatoms. The zero-order valence-corrected chi connectivity index (χ0v) is 19.2. The fourth-order valence-electron chi connectivity index (χ4n) is 3.97. The number of carbonyl (C=O) groups is 1. The lowest BCUT2D eigenvalue weighted by molar-refractivity contribution is -0.384. The van der Waals surface area contributed by atoms with Crippen LogP contribution in [-0.2, 0) is 4.79 Å². The molecule has 0 fully saturated rings. The molecule has 3 aromatic carbocycles. The van der Waals surface area contributed by atoms with Gasteiger partial charge >= 0.3 is 0 Å². The Morgan fingerprint density at radius 3 is 2.40 bits per heavy atom. The number of hydrogen-bond donors (Lipinski definition) is 2. The molecule has 1 atom stereocenters. The van der Waals surface area contributed by atoms with Gasteiger partial charge < -0.3 is 10.6 Å². The molecule has 0 saturated heterocycles. The summed E-state index contributed by atoms with van der Waals surface area (Å²) in [6, 6.07) is 21.7. The number of hydrogen-bond acceptors (Lipinski definition) is 6. The van der Waals surface area contributed by atoms with E-state index in [1.165, 1.54) is 12.1 Å². The van der Waals surface area contributed by atoms with Crippen LogP contribution in [0.4, 0.5) is 17.3 Å². The Morgan fingerprint density at radius 1 is 1.06 bits per heavy atom. The Kier molecular flexibility index (Phi) is 5.76. The summed E-state index contributed by atoms with van der Waals surface area (Å²) in [5, 5.41) is 22.6. The highest BCUT2D eigenvalue weighted by Crippen LogP contribution is 2.37. The first kappa shape index (κ1) is 22.3. The van der Waals surface area contributed by atoms with Crippen molar-refractivity contribution in [1.82, 2.24) is 14.8 Å². The maximum absolute atomic E-state index is 13.5. The van der Waals surface area contributed by atoms with E-state index in [-0.39, 0.29) is 11.6 Å². The van der Waals surface area contributed by atoms with Crippen molar-refractivity contribution in [3.63, 3.8) is 0 Å². The lowest BCUT2D eigenvalue weighted by Gasteiger charge is -2.28. The fourth-order valence-corrected chi connectivity index (χ4v) is 4.10. The number of fused-ring (bicyclic) bond motifs is 1. The number of halogens is 1. The lowest BCUT2D eigenvalue weighted by atomic mass is 9.95. The van der Waals surface area contributed by atoms with Crippen LogP contribution in [0.5, 0.6) is 0 Å². The molecule has 0 aliphatic carbocycles. The average molecular weight is 487 g/mol. The van der Waals surface area contributed by atoms with Crippen LogP contribution in [0.1, 0.15) is 18.5 Å². The van der Waals surface area contributed by atoms with Crippen LogP contribution >= 0.6 is 11.6 Å². The van der Waals surface area contributed by atoms with Gasteiger partial charge in [-0.2, -0.15) is 4.98 Å². The zero-order valence-electron chi connectivity index (χ0n) is 18.5. The number of aromatic nitrogens is 3. The maximum Gasteiger partial charge on any atom is 0.269 e. The van der Waals surface area contributed by atoms with Gasteiger partial charge in [-0.3, -0.25) is 14.9 Å². The van der Waals surface area contributed by atoms with Crippen LogP contribution in [0.3, 0.4) is 0 Å². The molecule has 9 nitrogen and oxygen atoms in total. The average Bonchev–Trinajstić information content (AvgIpc) is 3.27. The van der Waals surface area contributed by atoms with Gasteiger partial charge in [-0.25, -0.2) is 4.68 Å². The van der Waals surface area contributed by atoms with E-state index in [1.807, 2.05) is 30.3 Å². The Balaban J connectivity index is 1.60. The van der Waals surface area contributed by atoms with E-state index in [9.17, 15) is 14.9 Å². The third-order valence-electron chi connectivity index (χ3n) is 5.65. The normalized spacial score (nSPS) is 14.7. The molecule has 5 rings (SSSR count). The number of benzene rings is 3. The third-order valence-corrected chi connectivity index (χ3v) is 5.90. The summed E-state index contributed by atoms with van der Waals surface area (Å²) in [7, 11) is 0. The molecule has 4 aromatic rings. The Bertz CT molecular complexity index is 1450. The van der Waals surface area contributed by atoms with Crippen LogP contribution in [0.25, 0.3) is 11.4 Å². The highest BCUT2D eigenvalue weighted by molar-refractivity contribution is 6.30. The molecule has 2 heterocycles. The van der Waals surface area contributed by atoms with Crippen molar-refractivity contribution in [3.05, 3.63) is 111 Å². The largest absolute Gasteiger partial charge is 0.328 e. The smallest absolute Gasteiger partial charge is 0.269 e. The van der Waals surface area contributed by atoms with E-state index in [4.69, 9.17) is 16.7 Å².